The third kappa shape index (κ3) is 4.31. The van der Waals surface area contributed by atoms with Crippen LogP contribution in [0.1, 0.15) is 29.0 Å². The topological polar surface area (TPSA) is 64.2 Å². The van der Waals surface area contributed by atoms with Gasteiger partial charge in [0.05, 0.1) is 5.02 Å². The van der Waals surface area contributed by atoms with E-state index < -0.39 is 0 Å². The van der Waals surface area contributed by atoms with Crippen molar-refractivity contribution < 1.29 is 9.32 Å². The molecular weight excluding hydrogens is 436 g/mol. The predicted molar refractivity (Wildman–Crippen MR) is 128 cm³/mol. The molecule has 1 fully saturated rings. The summed E-state index contributed by atoms with van der Waals surface area (Å²) in [5.74, 6) is 1.94. The van der Waals surface area contributed by atoms with E-state index in [1.54, 1.807) is 13.0 Å². The molecule has 6 nitrogen and oxygen atoms in total. The fourth-order valence-corrected chi connectivity index (χ4v) is 4.75. The molecule has 7 heteroatoms. The van der Waals surface area contributed by atoms with Gasteiger partial charge in [0.25, 0.3) is 5.91 Å². The molecule has 1 saturated heterocycles. The Labute approximate surface area is 197 Å². The summed E-state index contributed by atoms with van der Waals surface area (Å²) >= 11 is 6.36. The third-order valence-corrected chi connectivity index (χ3v) is 6.64. The van der Waals surface area contributed by atoms with E-state index in [9.17, 15) is 4.79 Å². The van der Waals surface area contributed by atoms with Crippen LogP contribution in [0.25, 0.3) is 22.6 Å². The Morgan fingerprint density at radius 2 is 1.82 bits per heavy atom. The summed E-state index contributed by atoms with van der Waals surface area (Å²) in [5.41, 5.74) is 2.84. The van der Waals surface area contributed by atoms with Crippen molar-refractivity contribution in [2.75, 3.05) is 13.1 Å². The number of hydrogen-bond donors (Lipinski definition) is 0. The highest BCUT2D eigenvalue weighted by atomic mass is 35.5. The van der Waals surface area contributed by atoms with Gasteiger partial charge in [0, 0.05) is 43.2 Å². The van der Waals surface area contributed by atoms with Gasteiger partial charge in [-0.05, 0) is 31.7 Å². The minimum atomic E-state index is -0.0466. The minimum absolute atomic E-state index is 0.0466. The van der Waals surface area contributed by atoms with E-state index in [-0.39, 0.29) is 5.91 Å². The van der Waals surface area contributed by atoms with Crippen molar-refractivity contribution >= 4 is 17.5 Å². The molecule has 168 valence electrons. The molecule has 0 saturated carbocycles. The van der Waals surface area contributed by atoms with Crippen molar-refractivity contribution in [2.45, 2.75) is 26.3 Å². The van der Waals surface area contributed by atoms with Gasteiger partial charge in [-0.15, -0.1) is 0 Å². The first-order valence-corrected chi connectivity index (χ1v) is 11.6. The molecule has 3 heterocycles. The number of piperidine rings is 1. The second kappa shape index (κ2) is 9.24. The lowest BCUT2D eigenvalue weighted by atomic mass is 9.95. The molecular formula is C26H25ClN4O2. The lowest BCUT2D eigenvalue weighted by Crippen LogP contribution is -2.39. The number of nitrogens with zero attached hydrogens (tertiary/aromatic N) is 4. The van der Waals surface area contributed by atoms with Crippen molar-refractivity contribution in [3.8, 4) is 22.6 Å². The van der Waals surface area contributed by atoms with Gasteiger partial charge in [0.15, 0.2) is 0 Å². The van der Waals surface area contributed by atoms with Crippen LogP contribution in [0.4, 0.5) is 0 Å². The second-order valence-electron chi connectivity index (χ2n) is 8.45. The quantitative estimate of drug-likeness (QED) is 0.382. The lowest BCUT2D eigenvalue weighted by molar-refractivity contribution is 0.0682. The fourth-order valence-electron chi connectivity index (χ4n) is 4.52. The number of halogens is 1. The summed E-state index contributed by atoms with van der Waals surface area (Å²) in [5, 5.41) is 4.70. The van der Waals surface area contributed by atoms with Crippen molar-refractivity contribution in [3.05, 3.63) is 83.3 Å². The van der Waals surface area contributed by atoms with Crippen LogP contribution in [0, 0.1) is 12.8 Å². The Bertz CT molecular complexity index is 1260. The minimum Gasteiger partial charge on any atom is -0.360 e. The molecule has 0 spiro atoms. The molecule has 0 unspecified atom stereocenters. The van der Waals surface area contributed by atoms with Crippen molar-refractivity contribution in [1.82, 2.24) is 19.6 Å². The SMILES string of the molecule is Cc1onc(-c2ccccc2Cl)c1C(=O)N1CCC(Cn2ccnc2-c2ccccc2)CC1. The number of hydrogen-bond acceptors (Lipinski definition) is 4. The molecule has 2 aromatic heterocycles. The second-order valence-corrected chi connectivity index (χ2v) is 8.85. The number of likely N-dealkylation sites (tertiary alicyclic amines) is 1. The molecule has 1 aliphatic heterocycles. The van der Waals surface area contributed by atoms with Gasteiger partial charge in [0.2, 0.25) is 0 Å². The summed E-state index contributed by atoms with van der Waals surface area (Å²) in [6.45, 7) is 4.07. The zero-order valence-corrected chi connectivity index (χ0v) is 19.2. The highest BCUT2D eigenvalue weighted by Crippen LogP contribution is 2.33. The van der Waals surface area contributed by atoms with Gasteiger partial charge in [-0.1, -0.05) is 65.3 Å². The number of benzene rings is 2. The molecule has 0 radical (unpaired) electrons. The van der Waals surface area contributed by atoms with E-state index >= 15 is 0 Å². The molecule has 0 bridgehead atoms. The Balaban J connectivity index is 1.28. The summed E-state index contributed by atoms with van der Waals surface area (Å²) < 4.78 is 7.62. The largest absolute Gasteiger partial charge is 0.360 e. The first kappa shape index (κ1) is 21.5. The predicted octanol–water partition coefficient (Wildman–Crippen LogP) is 5.72. The molecule has 1 aliphatic rings. The summed E-state index contributed by atoms with van der Waals surface area (Å²) in [4.78, 5) is 19.9. The van der Waals surface area contributed by atoms with Crippen LogP contribution < -0.4 is 0 Å². The van der Waals surface area contributed by atoms with Crippen molar-refractivity contribution in [2.24, 2.45) is 5.92 Å². The Hall–Kier alpha value is -3.38. The monoisotopic (exact) mass is 460 g/mol. The molecule has 0 atom stereocenters. The summed E-state index contributed by atoms with van der Waals surface area (Å²) in [6.07, 6.45) is 5.76. The summed E-state index contributed by atoms with van der Waals surface area (Å²) in [6, 6.07) is 17.6. The standard InChI is InChI=1S/C26H25ClN4O2/c1-18-23(24(29-33-18)21-9-5-6-10-22(21)27)26(32)30-14-11-19(12-15-30)17-31-16-13-28-25(31)20-7-3-2-4-8-20/h2-10,13,16,19H,11-12,14-15,17H2,1H3. The Kier molecular flexibility index (Phi) is 6.01. The van der Waals surface area contributed by atoms with E-state index in [0.717, 1.165) is 30.8 Å². The van der Waals surface area contributed by atoms with Crippen molar-refractivity contribution in [3.63, 3.8) is 0 Å². The number of aryl methyl sites for hydroxylation is 1. The van der Waals surface area contributed by atoms with E-state index in [0.29, 0.717) is 46.6 Å². The smallest absolute Gasteiger partial charge is 0.259 e. The number of imidazole rings is 1. The maximum Gasteiger partial charge on any atom is 0.259 e. The third-order valence-electron chi connectivity index (χ3n) is 6.31. The summed E-state index contributed by atoms with van der Waals surface area (Å²) in [7, 11) is 0. The first-order valence-electron chi connectivity index (χ1n) is 11.2. The molecule has 5 rings (SSSR count). The highest BCUT2D eigenvalue weighted by Gasteiger charge is 2.30. The molecule has 0 aliphatic carbocycles. The van der Waals surface area contributed by atoms with E-state index in [1.165, 1.54) is 0 Å². The van der Waals surface area contributed by atoms with Crippen LogP contribution in [-0.2, 0) is 6.54 Å². The Morgan fingerprint density at radius 3 is 2.58 bits per heavy atom. The number of carbonyl (C=O) groups is 1. The lowest BCUT2D eigenvalue weighted by Gasteiger charge is -2.32. The first-order chi connectivity index (χ1) is 16.1. The van der Waals surface area contributed by atoms with E-state index in [4.69, 9.17) is 16.1 Å². The zero-order valence-electron chi connectivity index (χ0n) is 18.4. The number of rotatable bonds is 5. The normalized spacial score (nSPS) is 14.5. The Morgan fingerprint density at radius 1 is 1.09 bits per heavy atom. The fraction of sp³-hybridized carbons (Fsp3) is 0.269. The van der Waals surface area contributed by atoms with Gasteiger partial charge in [-0.2, -0.15) is 0 Å². The van der Waals surface area contributed by atoms with Gasteiger partial charge in [-0.25, -0.2) is 4.98 Å². The van der Waals surface area contributed by atoms with E-state index in [2.05, 4.69) is 26.8 Å². The highest BCUT2D eigenvalue weighted by molar-refractivity contribution is 6.33. The van der Waals surface area contributed by atoms with Crippen LogP contribution in [-0.4, -0.2) is 38.6 Å². The molecule has 0 N–H and O–H groups in total. The van der Waals surface area contributed by atoms with Gasteiger partial charge >= 0.3 is 0 Å². The number of carbonyl (C=O) groups excluding carboxylic acids is 1. The van der Waals surface area contributed by atoms with Gasteiger partial charge < -0.3 is 14.0 Å². The molecule has 1 amide bonds. The van der Waals surface area contributed by atoms with Crippen LogP contribution in [0.2, 0.25) is 5.02 Å². The average molecular weight is 461 g/mol. The van der Waals surface area contributed by atoms with Crippen LogP contribution in [0.3, 0.4) is 0 Å². The van der Waals surface area contributed by atoms with Crippen LogP contribution in [0.5, 0.6) is 0 Å². The zero-order chi connectivity index (χ0) is 22.8. The van der Waals surface area contributed by atoms with E-state index in [1.807, 2.05) is 53.7 Å². The average Bonchev–Trinajstić information content (AvgIpc) is 3.46. The molecule has 33 heavy (non-hydrogen) atoms. The maximum absolute atomic E-state index is 13.4. The van der Waals surface area contributed by atoms with Gasteiger partial charge in [0.1, 0.15) is 22.8 Å². The molecule has 2 aromatic carbocycles. The van der Waals surface area contributed by atoms with Crippen molar-refractivity contribution in [1.29, 1.82) is 0 Å². The maximum atomic E-state index is 13.4. The van der Waals surface area contributed by atoms with Crippen LogP contribution >= 0.6 is 11.6 Å². The van der Waals surface area contributed by atoms with Crippen LogP contribution in [0.15, 0.2) is 71.5 Å². The molecule has 4 aromatic rings. The number of aromatic nitrogens is 3. The number of amides is 1. The van der Waals surface area contributed by atoms with Gasteiger partial charge in [-0.3, -0.25) is 4.79 Å².